The molecule has 2 aromatic carbocycles. The van der Waals surface area contributed by atoms with Crippen LogP contribution >= 0.6 is 11.6 Å². The molecule has 3 rings (SSSR count). The summed E-state index contributed by atoms with van der Waals surface area (Å²) in [5, 5.41) is 3.13. The van der Waals surface area contributed by atoms with Crippen LogP contribution in [0.3, 0.4) is 0 Å². The molecule has 0 fully saturated rings. The van der Waals surface area contributed by atoms with Crippen LogP contribution in [0, 0.1) is 0 Å². The molecule has 0 amide bonds. The summed E-state index contributed by atoms with van der Waals surface area (Å²) in [6.45, 7) is 2.77. The van der Waals surface area contributed by atoms with Gasteiger partial charge < -0.3 is 0 Å². The van der Waals surface area contributed by atoms with Gasteiger partial charge in [-0.3, -0.25) is 4.99 Å². The average molecular weight is 282 g/mol. The van der Waals surface area contributed by atoms with Crippen LogP contribution in [0.4, 0.5) is 0 Å². The molecule has 1 aliphatic heterocycles. The third-order valence-electron chi connectivity index (χ3n) is 3.51. The van der Waals surface area contributed by atoms with E-state index in [1.54, 1.807) is 0 Å². The first-order chi connectivity index (χ1) is 9.79. The second kappa shape index (κ2) is 5.64. The molecule has 0 N–H and O–H groups in total. The van der Waals surface area contributed by atoms with Crippen molar-refractivity contribution in [1.29, 1.82) is 0 Å². The molecule has 1 heterocycles. The molecule has 0 bridgehead atoms. The highest BCUT2D eigenvalue weighted by molar-refractivity contribution is 6.71. The van der Waals surface area contributed by atoms with Crippen LogP contribution in [-0.2, 0) is 0 Å². The Hall–Kier alpha value is -1.86. The lowest BCUT2D eigenvalue weighted by Gasteiger charge is -2.16. The molecule has 100 valence electrons. The van der Waals surface area contributed by atoms with Crippen molar-refractivity contribution in [1.82, 2.24) is 0 Å². The van der Waals surface area contributed by atoms with Crippen LogP contribution in [0.15, 0.2) is 65.2 Å². The Balaban J connectivity index is 2.10. The molecule has 2 aromatic rings. The maximum absolute atomic E-state index is 6.27. The molecule has 20 heavy (non-hydrogen) atoms. The molecule has 0 aliphatic carbocycles. The van der Waals surface area contributed by atoms with Crippen LogP contribution < -0.4 is 0 Å². The predicted molar refractivity (Wildman–Crippen MR) is 88.5 cm³/mol. The normalized spacial score (nSPS) is 17.2. The van der Waals surface area contributed by atoms with Crippen molar-refractivity contribution in [2.45, 2.75) is 13.3 Å². The summed E-state index contributed by atoms with van der Waals surface area (Å²) < 4.78 is 0. The lowest BCUT2D eigenvalue weighted by Crippen LogP contribution is -2.05. The molecule has 0 aromatic heterocycles. The van der Waals surface area contributed by atoms with Crippen LogP contribution in [0.1, 0.15) is 18.9 Å². The summed E-state index contributed by atoms with van der Waals surface area (Å²) in [7, 11) is 0. The van der Waals surface area contributed by atoms with E-state index in [1.807, 2.05) is 0 Å². The Morgan fingerprint density at radius 1 is 1.15 bits per heavy atom. The zero-order valence-electron chi connectivity index (χ0n) is 11.4. The molecule has 0 radical (unpaired) electrons. The minimum Gasteiger partial charge on any atom is -0.268 e. The van der Waals surface area contributed by atoms with Gasteiger partial charge in [-0.05, 0) is 34.4 Å². The highest BCUT2D eigenvalue weighted by atomic mass is 35.5. The van der Waals surface area contributed by atoms with E-state index in [2.05, 4.69) is 66.5 Å². The van der Waals surface area contributed by atoms with E-state index in [0.29, 0.717) is 11.7 Å². The SMILES string of the molecule is CC/C=C1\C(c2ccc3ccccc3c2)=CCN=C1Cl. The maximum atomic E-state index is 6.27. The van der Waals surface area contributed by atoms with E-state index in [9.17, 15) is 0 Å². The van der Waals surface area contributed by atoms with Gasteiger partial charge in [0.05, 0.1) is 6.54 Å². The molecular formula is C18H16ClN. The fourth-order valence-electron chi connectivity index (χ4n) is 2.55. The number of nitrogens with zero attached hydrogens (tertiary/aromatic N) is 1. The fraction of sp³-hybridized carbons (Fsp3) is 0.167. The van der Waals surface area contributed by atoms with Crippen molar-refractivity contribution in [3.05, 3.63) is 65.8 Å². The number of halogens is 1. The molecule has 0 unspecified atom stereocenters. The number of hydrogen-bond acceptors (Lipinski definition) is 1. The molecule has 1 nitrogen and oxygen atoms in total. The van der Waals surface area contributed by atoms with E-state index >= 15 is 0 Å². The number of allylic oxidation sites excluding steroid dienone is 3. The molecule has 1 aliphatic rings. The van der Waals surface area contributed by atoms with Gasteiger partial charge in [0, 0.05) is 5.57 Å². The molecule has 0 saturated carbocycles. The zero-order chi connectivity index (χ0) is 13.9. The summed E-state index contributed by atoms with van der Waals surface area (Å²) in [6, 6.07) is 14.9. The Bertz CT molecular complexity index is 738. The van der Waals surface area contributed by atoms with Crippen LogP contribution in [0.2, 0.25) is 0 Å². The second-order valence-electron chi connectivity index (χ2n) is 4.84. The van der Waals surface area contributed by atoms with Crippen molar-refractivity contribution in [2.24, 2.45) is 4.99 Å². The zero-order valence-corrected chi connectivity index (χ0v) is 12.2. The van der Waals surface area contributed by atoms with E-state index in [0.717, 1.165) is 12.0 Å². The van der Waals surface area contributed by atoms with Crippen LogP contribution in [0.25, 0.3) is 16.3 Å². The van der Waals surface area contributed by atoms with E-state index in [4.69, 9.17) is 11.6 Å². The number of hydrogen-bond donors (Lipinski definition) is 0. The topological polar surface area (TPSA) is 12.4 Å². The first kappa shape index (κ1) is 13.1. The lowest BCUT2D eigenvalue weighted by molar-refractivity contribution is 1.19. The molecule has 0 atom stereocenters. The standard InChI is InChI=1S/C18H16ClN/c1-2-5-17-16(10-11-20-18(17)19)15-9-8-13-6-3-4-7-14(13)12-15/h3-10,12H,2,11H2,1H3/b17-5+. The highest BCUT2D eigenvalue weighted by Gasteiger charge is 2.15. The number of rotatable bonds is 2. The number of dihydropyridines is 1. The summed E-state index contributed by atoms with van der Waals surface area (Å²) in [4.78, 5) is 4.31. The minimum atomic E-state index is 0.623. The van der Waals surface area contributed by atoms with Crippen molar-refractivity contribution in [2.75, 3.05) is 6.54 Å². The number of fused-ring (bicyclic) bond motifs is 1. The first-order valence-electron chi connectivity index (χ1n) is 6.90. The quantitative estimate of drug-likeness (QED) is 0.716. The fourth-order valence-corrected chi connectivity index (χ4v) is 2.80. The van der Waals surface area contributed by atoms with Gasteiger partial charge in [0.2, 0.25) is 0 Å². The van der Waals surface area contributed by atoms with Crippen molar-refractivity contribution < 1.29 is 0 Å². The first-order valence-corrected chi connectivity index (χ1v) is 7.27. The van der Waals surface area contributed by atoms with Gasteiger partial charge in [0.25, 0.3) is 0 Å². The lowest BCUT2D eigenvalue weighted by atomic mass is 9.94. The summed E-state index contributed by atoms with van der Waals surface area (Å²) in [5.41, 5.74) is 3.45. The minimum absolute atomic E-state index is 0.623. The summed E-state index contributed by atoms with van der Waals surface area (Å²) in [5.74, 6) is 0. The monoisotopic (exact) mass is 281 g/mol. The van der Waals surface area contributed by atoms with Gasteiger partial charge in [-0.2, -0.15) is 0 Å². The van der Waals surface area contributed by atoms with E-state index in [1.165, 1.54) is 21.9 Å². The van der Waals surface area contributed by atoms with Crippen molar-refractivity contribution in [3.8, 4) is 0 Å². The Labute approximate surface area is 124 Å². The van der Waals surface area contributed by atoms with E-state index in [-0.39, 0.29) is 0 Å². The summed E-state index contributed by atoms with van der Waals surface area (Å²) >= 11 is 6.27. The largest absolute Gasteiger partial charge is 0.268 e. The second-order valence-corrected chi connectivity index (χ2v) is 5.20. The van der Waals surface area contributed by atoms with Gasteiger partial charge in [0.15, 0.2) is 0 Å². The average Bonchev–Trinajstić information content (AvgIpc) is 2.49. The van der Waals surface area contributed by atoms with Gasteiger partial charge in [-0.15, -0.1) is 0 Å². The van der Waals surface area contributed by atoms with Crippen LogP contribution in [-0.4, -0.2) is 11.7 Å². The van der Waals surface area contributed by atoms with Gasteiger partial charge in [-0.25, -0.2) is 0 Å². The summed E-state index contributed by atoms with van der Waals surface area (Å²) in [6.07, 6.45) is 5.25. The molecule has 0 spiro atoms. The Morgan fingerprint density at radius 3 is 2.75 bits per heavy atom. The highest BCUT2D eigenvalue weighted by Crippen LogP contribution is 2.30. The smallest absolute Gasteiger partial charge is 0.131 e. The predicted octanol–water partition coefficient (Wildman–Crippen LogP) is 5.21. The van der Waals surface area contributed by atoms with Crippen molar-refractivity contribution in [3.63, 3.8) is 0 Å². The van der Waals surface area contributed by atoms with Gasteiger partial charge >= 0.3 is 0 Å². The van der Waals surface area contributed by atoms with Crippen LogP contribution in [0.5, 0.6) is 0 Å². The number of benzene rings is 2. The number of aliphatic imine (C=N–C) groups is 1. The van der Waals surface area contributed by atoms with Gasteiger partial charge in [0.1, 0.15) is 5.17 Å². The molecular weight excluding hydrogens is 266 g/mol. The maximum Gasteiger partial charge on any atom is 0.131 e. The van der Waals surface area contributed by atoms with Gasteiger partial charge in [-0.1, -0.05) is 67.1 Å². The third-order valence-corrected chi connectivity index (χ3v) is 3.83. The Kier molecular flexibility index (Phi) is 3.70. The molecule has 0 saturated heterocycles. The van der Waals surface area contributed by atoms with Crippen molar-refractivity contribution >= 4 is 33.1 Å². The molecule has 2 heteroatoms. The Morgan fingerprint density at radius 2 is 1.95 bits per heavy atom. The van der Waals surface area contributed by atoms with E-state index < -0.39 is 0 Å². The third kappa shape index (κ3) is 2.41.